The maximum Gasteiger partial charge on any atom is 0.0775 e. The summed E-state index contributed by atoms with van der Waals surface area (Å²) in [5.41, 5.74) is 14.5. The standard InChI is InChI=1S/C66H72N2Si4/c1-45-15-17-51(47-19-31-55(32-20-47)69(3,4)5)43-63(45)67(53-27-35-57(36-28-53)71(9,10)11)61-41-25-49-24-40-60-62(42-26-50-23-39-59(61)65(49)66(50)60)68(54-29-37-58(38-30-54)72(12,13)14)64-44-52(18-16-46(64)2)48-21-33-56(34-22-48)70(6,7)8/h15-44H,1-14H3. The molecule has 0 unspecified atom stereocenters. The largest absolute Gasteiger partial charge is 0.310 e. The highest BCUT2D eigenvalue weighted by atomic mass is 28.3. The first-order chi connectivity index (χ1) is 34.0. The number of hydrogen-bond donors (Lipinski definition) is 0. The second-order valence-corrected chi connectivity index (χ2v) is 44.8. The van der Waals surface area contributed by atoms with E-state index in [0.29, 0.717) is 0 Å². The molecular formula is C66H72N2Si4. The lowest BCUT2D eigenvalue weighted by Gasteiger charge is -2.31. The Morgan fingerprint density at radius 1 is 0.264 bits per heavy atom. The number of rotatable bonds is 12. The van der Waals surface area contributed by atoms with E-state index >= 15 is 0 Å². The molecule has 10 aromatic rings. The molecule has 0 aliphatic rings. The third kappa shape index (κ3) is 9.35. The van der Waals surface area contributed by atoms with Gasteiger partial charge in [-0.3, -0.25) is 0 Å². The predicted octanol–water partition coefficient (Wildman–Crippen LogP) is 17.7. The lowest BCUT2D eigenvalue weighted by molar-refractivity contribution is 1.26. The number of hydrogen-bond acceptors (Lipinski definition) is 2. The van der Waals surface area contributed by atoms with E-state index in [1.807, 2.05) is 0 Å². The molecule has 0 aromatic heterocycles. The van der Waals surface area contributed by atoms with Crippen LogP contribution in [0, 0.1) is 13.8 Å². The van der Waals surface area contributed by atoms with Gasteiger partial charge in [-0.1, -0.05) is 233 Å². The zero-order valence-corrected chi connectivity index (χ0v) is 49.2. The van der Waals surface area contributed by atoms with Crippen molar-refractivity contribution < 1.29 is 0 Å². The van der Waals surface area contributed by atoms with Gasteiger partial charge in [-0.2, -0.15) is 0 Å². The average Bonchev–Trinajstić information content (AvgIpc) is 3.34. The van der Waals surface area contributed by atoms with Crippen LogP contribution in [0.5, 0.6) is 0 Å². The molecule has 6 heteroatoms. The van der Waals surface area contributed by atoms with Crippen molar-refractivity contribution in [2.24, 2.45) is 0 Å². The maximum absolute atomic E-state index is 2.54. The molecule has 0 aliphatic heterocycles. The normalized spacial score (nSPS) is 12.6. The van der Waals surface area contributed by atoms with Gasteiger partial charge >= 0.3 is 0 Å². The third-order valence-electron chi connectivity index (χ3n) is 15.2. The van der Waals surface area contributed by atoms with Crippen LogP contribution in [0.25, 0.3) is 54.6 Å². The highest BCUT2D eigenvalue weighted by Crippen LogP contribution is 2.49. The molecule has 72 heavy (non-hydrogen) atoms. The summed E-state index contributed by atoms with van der Waals surface area (Å²) in [5.74, 6) is 0. The summed E-state index contributed by atoms with van der Waals surface area (Å²) in [6, 6.07) is 70.7. The lowest BCUT2D eigenvalue weighted by atomic mass is 9.91. The fourth-order valence-corrected chi connectivity index (χ4v) is 15.2. The first-order valence-corrected chi connectivity index (χ1v) is 40.0. The van der Waals surface area contributed by atoms with Crippen molar-refractivity contribution in [3.63, 3.8) is 0 Å². The fraction of sp³-hybridized carbons (Fsp3) is 0.212. The second kappa shape index (κ2) is 18.3. The van der Waals surface area contributed by atoms with Gasteiger partial charge in [-0.25, -0.2) is 0 Å². The van der Waals surface area contributed by atoms with Crippen LogP contribution < -0.4 is 30.5 Å². The Morgan fingerprint density at radius 2 is 0.542 bits per heavy atom. The Balaban J connectivity index is 1.19. The number of benzene rings is 10. The van der Waals surface area contributed by atoms with Gasteiger partial charge in [-0.05, 0) is 117 Å². The third-order valence-corrected chi connectivity index (χ3v) is 23.4. The molecule has 0 amide bonds. The number of aryl methyl sites for hydroxylation is 2. The van der Waals surface area contributed by atoms with Crippen LogP contribution in [-0.2, 0) is 0 Å². The Labute approximate surface area is 434 Å². The first kappa shape index (κ1) is 49.3. The first-order valence-electron chi connectivity index (χ1n) is 26.0. The zero-order chi connectivity index (χ0) is 51.1. The highest BCUT2D eigenvalue weighted by Gasteiger charge is 2.26. The van der Waals surface area contributed by atoms with Crippen molar-refractivity contribution >= 4 is 119 Å². The summed E-state index contributed by atoms with van der Waals surface area (Å²) in [6.45, 7) is 33.7. The molecule has 0 aliphatic carbocycles. The lowest BCUT2D eigenvalue weighted by Crippen LogP contribution is -2.37. The molecule has 10 rings (SSSR count). The zero-order valence-electron chi connectivity index (χ0n) is 45.2. The van der Waals surface area contributed by atoms with Crippen LogP contribution in [0.15, 0.2) is 182 Å². The van der Waals surface area contributed by atoms with Gasteiger partial charge in [0.15, 0.2) is 0 Å². The average molecular weight is 1010 g/mol. The number of nitrogens with zero attached hydrogens (tertiary/aromatic N) is 2. The van der Waals surface area contributed by atoms with Gasteiger partial charge in [0.25, 0.3) is 0 Å². The molecule has 0 atom stereocenters. The topological polar surface area (TPSA) is 6.48 Å². The van der Waals surface area contributed by atoms with Gasteiger partial charge in [0.05, 0.1) is 43.7 Å². The maximum atomic E-state index is 2.54. The van der Waals surface area contributed by atoms with E-state index in [4.69, 9.17) is 0 Å². The van der Waals surface area contributed by atoms with Crippen molar-refractivity contribution in [3.05, 3.63) is 193 Å². The van der Waals surface area contributed by atoms with Crippen LogP contribution in [0.4, 0.5) is 34.1 Å². The molecule has 0 N–H and O–H groups in total. The molecule has 2 nitrogen and oxygen atoms in total. The summed E-state index contributed by atoms with van der Waals surface area (Å²) in [7, 11) is -5.97. The second-order valence-electron chi connectivity index (χ2n) is 24.5. The predicted molar refractivity (Wildman–Crippen MR) is 332 cm³/mol. The molecule has 0 saturated heterocycles. The summed E-state index contributed by atoms with van der Waals surface area (Å²) in [4.78, 5) is 5.07. The Morgan fingerprint density at radius 3 is 0.847 bits per heavy atom. The van der Waals surface area contributed by atoms with Crippen LogP contribution in [0.2, 0.25) is 78.6 Å². The Bertz CT molecular complexity index is 3360. The molecular weight excluding hydrogens is 933 g/mol. The van der Waals surface area contributed by atoms with Gasteiger partial charge in [-0.15, -0.1) is 0 Å². The minimum atomic E-state index is -1.54. The van der Waals surface area contributed by atoms with E-state index in [0.717, 1.165) is 0 Å². The Kier molecular flexibility index (Phi) is 12.5. The van der Waals surface area contributed by atoms with E-state index in [9.17, 15) is 0 Å². The van der Waals surface area contributed by atoms with Crippen molar-refractivity contribution in [3.8, 4) is 22.3 Å². The molecule has 0 fully saturated rings. The van der Waals surface area contributed by atoms with Gasteiger partial charge in [0.2, 0.25) is 0 Å². The molecule has 10 aromatic carbocycles. The van der Waals surface area contributed by atoms with Crippen molar-refractivity contribution in [1.29, 1.82) is 0 Å². The fourth-order valence-electron chi connectivity index (χ4n) is 10.6. The van der Waals surface area contributed by atoms with Crippen molar-refractivity contribution in [2.75, 3.05) is 9.80 Å². The summed E-state index contributed by atoms with van der Waals surface area (Å²) in [6.07, 6.45) is 0. The minimum Gasteiger partial charge on any atom is -0.310 e. The van der Waals surface area contributed by atoms with Crippen LogP contribution in [0.1, 0.15) is 11.1 Å². The molecule has 362 valence electrons. The van der Waals surface area contributed by atoms with E-state index in [1.165, 1.54) is 121 Å². The van der Waals surface area contributed by atoms with E-state index in [1.54, 1.807) is 0 Å². The van der Waals surface area contributed by atoms with Crippen LogP contribution in [-0.4, -0.2) is 32.3 Å². The van der Waals surface area contributed by atoms with E-state index < -0.39 is 32.3 Å². The quantitative estimate of drug-likeness (QED) is 0.0889. The van der Waals surface area contributed by atoms with Crippen LogP contribution >= 0.6 is 0 Å². The SMILES string of the molecule is Cc1ccc(-c2ccc([Si](C)(C)C)cc2)cc1N(c1ccc([Si](C)(C)C)cc1)c1ccc2ccc3c(N(c4ccc([Si](C)(C)C)cc4)c4cc(-c5ccc([Si](C)(C)C)cc5)ccc4C)ccc4ccc1c2c43. The molecule has 0 radical (unpaired) electrons. The number of anilines is 6. The summed E-state index contributed by atoms with van der Waals surface area (Å²) >= 11 is 0. The van der Waals surface area contributed by atoms with Gasteiger partial charge in [0, 0.05) is 33.5 Å². The summed E-state index contributed by atoms with van der Waals surface area (Å²) in [5, 5.41) is 13.5. The molecule has 0 heterocycles. The van der Waals surface area contributed by atoms with Gasteiger partial charge in [0.1, 0.15) is 0 Å². The van der Waals surface area contributed by atoms with E-state index in [2.05, 4.69) is 284 Å². The highest BCUT2D eigenvalue weighted by molar-refractivity contribution is 6.90. The Hall–Kier alpha value is -6.29. The monoisotopic (exact) mass is 1000 g/mol. The van der Waals surface area contributed by atoms with Crippen LogP contribution in [0.3, 0.4) is 0 Å². The minimum absolute atomic E-state index is 1.17. The van der Waals surface area contributed by atoms with Crippen molar-refractivity contribution in [2.45, 2.75) is 92.4 Å². The van der Waals surface area contributed by atoms with Gasteiger partial charge < -0.3 is 9.80 Å². The molecule has 0 saturated carbocycles. The smallest absolute Gasteiger partial charge is 0.0775 e. The molecule has 0 spiro atoms. The van der Waals surface area contributed by atoms with Crippen molar-refractivity contribution in [1.82, 2.24) is 0 Å². The molecule has 0 bridgehead atoms. The van der Waals surface area contributed by atoms with E-state index in [-0.39, 0.29) is 0 Å². The summed E-state index contributed by atoms with van der Waals surface area (Å²) < 4.78 is 0.